The number of hydrogen-bond donors (Lipinski definition) is 3. The third-order valence-electron chi connectivity index (χ3n) is 4.29. The van der Waals surface area contributed by atoms with Crippen molar-refractivity contribution in [1.29, 1.82) is 0 Å². The van der Waals surface area contributed by atoms with Gasteiger partial charge in [-0.3, -0.25) is 4.99 Å². The molecule has 1 atom stereocenters. The van der Waals surface area contributed by atoms with Gasteiger partial charge in [0.05, 0.1) is 12.6 Å². The van der Waals surface area contributed by atoms with E-state index in [0.717, 1.165) is 18.4 Å². The highest BCUT2D eigenvalue weighted by molar-refractivity contribution is 5.78. The Balaban J connectivity index is 1.99. The molecule has 0 aliphatic heterocycles. The SMILES string of the molecule is CC(C)(C)OC(=O)NC(CN=C(N)NC1CCCCC1)c1ccccc1. The maximum Gasteiger partial charge on any atom is 0.408 e. The van der Waals surface area contributed by atoms with Crippen molar-refractivity contribution in [2.45, 2.75) is 70.6 Å². The van der Waals surface area contributed by atoms with Gasteiger partial charge in [0.2, 0.25) is 0 Å². The van der Waals surface area contributed by atoms with E-state index in [9.17, 15) is 4.79 Å². The molecule has 0 aromatic heterocycles. The minimum Gasteiger partial charge on any atom is -0.444 e. The van der Waals surface area contributed by atoms with Gasteiger partial charge in [-0.05, 0) is 39.2 Å². The van der Waals surface area contributed by atoms with Crippen LogP contribution in [-0.4, -0.2) is 30.2 Å². The van der Waals surface area contributed by atoms with E-state index >= 15 is 0 Å². The summed E-state index contributed by atoms with van der Waals surface area (Å²) < 4.78 is 5.37. The Morgan fingerprint density at radius 1 is 1.23 bits per heavy atom. The number of nitrogens with zero attached hydrogens (tertiary/aromatic N) is 1. The predicted octanol–water partition coefficient (Wildman–Crippen LogP) is 3.49. The van der Waals surface area contributed by atoms with E-state index in [4.69, 9.17) is 10.5 Å². The van der Waals surface area contributed by atoms with Crippen LogP contribution in [-0.2, 0) is 4.74 Å². The van der Waals surface area contributed by atoms with Crippen LogP contribution in [0.25, 0.3) is 0 Å². The molecule has 1 aliphatic rings. The highest BCUT2D eigenvalue weighted by Crippen LogP contribution is 2.18. The smallest absolute Gasteiger partial charge is 0.408 e. The van der Waals surface area contributed by atoms with Crippen molar-refractivity contribution in [3.05, 3.63) is 35.9 Å². The van der Waals surface area contributed by atoms with Gasteiger partial charge in [-0.1, -0.05) is 49.6 Å². The van der Waals surface area contributed by atoms with Gasteiger partial charge >= 0.3 is 6.09 Å². The highest BCUT2D eigenvalue weighted by atomic mass is 16.6. The molecule has 1 aromatic carbocycles. The summed E-state index contributed by atoms with van der Waals surface area (Å²) in [6, 6.07) is 9.85. The second-order valence-corrected chi connectivity index (χ2v) is 7.81. The number of guanidine groups is 1. The fourth-order valence-electron chi connectivity index (χ4n) is 3.06. The fourth-order valence-corrected chi connectivity index (χ4v) is 3.06. The van der Waals surface area contributed by atoms with Crippen LogP contribution < -0.4 is 16.4 Å². The summed E-state index contributed by atoms with van der Waals surface area (Å²) in [4.78, 5) is 16.6. The third-order valence-corrected chi connectivity index (χ3v) is 4.29. The number of carbonyl (C=O) groups is 1. The predicted molar refractivity (Wildman–Crippen MR) is 105 cm³/mol. The number of amides is 1. The van der Waals surface area contributed by atoms with Gasteiger partial charge in [-0.15, -0.1) is 0 Å². The van der Waals surface area contributed by atoms with E-state index in [-0.39, 0.29) is 6.04 Å². The number of ether oxygens (including phenoxy) is 1. The Hall–Kier alpha value is -2.24. The van der Waals surface area contributed by atoms with Gasteiger partial charge in [-0.25, -0.2) is 4.79 Å². The molecule has 1 aromatic rings. The summed E-state index contributed by atoms with van der Waals surface area (Å²) in [7, 11) is 0. The monoisotopic (exact) mass is 360 g/mol. The van der Waals surface area contributed by atoms with Crippen LogP contribution in [0.15, 0.2) is 35.3 Å². The summed E-state index contributed by atoms with van der Waals surface area (Å²) in [5.74, 6) is 0.434. The minimum absolute atomic E-state index is 0.294. The number of hydrogen-bond acceptors (Lipinski definition) is 3. The normalized spacial score (nSPS) is 17.4. The lowest BCUT2D eigenvalue weighted by Crippen LogP contribution is -2.42. The number of rotatable bonds is 5. The second-order valence-electron chi connectivity index (χ2n) is 7.81. The molecule has 0 bridgehead atoms. The van der Waals surface area contributed by atoms with E-state index in [0.29, 0.717) is 18.5 Å². The van der Waals surface area contributed by atoms with E-state index in [1.165, 1.54) is 19.3 Å². The van der Waals surface area contributed by atoms with E-state index in [1.807, 2.05) is 51.1 Å². The van der Waals surface area contributed by atoms with Crippen LogP contribution in [0.4, 0.5) is 4.79 Å². The molecule has 1 aliphatic carbocycles. The van der Waals surface area contributed by atoms with Crippen molar-refractivity contribution >= 4 is 12.1 Å². The number of nitrogens with two attached hydrogens (primary N) is 1. The molecule has 0 radical (unpaired) electrons. The standard InChI is InChI=1S/C20H32N4O2/c1-20(2,3)26-19(25)24-17(15-10-6-4-7-11-15)14-22-18(21)23-16-12-8-5-9-13-16/h4,6-7,10-11,16-17H,5,8-9,12-14H2,1-3H3,(H,24,25)(H3,21,22,23). The van der Waals surface area contributed by atoms with Gasteiger partial charge in [0.1, 0.15) is 5.60 Å². The first-order chi connectivity index (χ1) is 12.3. The summed E-state index contributed by atoms with van der Waals surface area (Å²) >= 11 is 0. The zero-order valence-electron chi connectivity index (χ0n) is 16.1. The van der Waals surface area contributed by atoms with Crippen molar-refractivity contribution in [2.75, 3.05) is 6.54 Å². The highest BCUT2D eigenvalue weighted by Gasteiger charge is 2.21. The lowest BCUT2D eigenvalue weighted by Gasteiger charge is -2.24. The molecular weight excluding hydrogens is 328 g/mol. The topological polar surface area (TPSA) is 88.7 Å². The molecule has 1 amide bonds. The molecule has 1 fully saturated rings. The van der Waals surface area contributed by atoms with Gasteiger partial charge in [0, 0.05) is 6.04 Å². The summed E-state index contributed by atoms with van der Waals surface area (Å²) in [6.07, 6.45) is 5.57. The molecule has 1 unspecified atom stereocenters. The zero-order valence-corrected chi connectivity index (χ0v) is 16.1. The molecule has 26 heavy (non-hydrogen) atoms. The van der Waals surface area contributed by atoms with Crippen LogP contribution in [0, 0.1) is 0 Å². The number of alkyl carbamates (subject to hydrolysis) is 1. The van der Waals surface area contributed by atoms with E-state index < -0.39 is 11.7 Å². The second kappa shape index (κ2) is 9.46. The zero-order chi connectivity index (χ0) is 19.0. The van der Waals surface area contributed by atoms with Crippen LogP contribution in [0.1, 0.15) is 64.5 Å². The lowest BCUT2D eigenvalue weighted by molar-refractivity contribution is 0.0505. The van der Waals surface area contributed by atoms with Gasteiger partial charge in [-0.2, -0.15) is 0 Å². The molecule has 1 saturated carbocycles. The number of aliphatic imine (C=N–C) groups is 1. The Bertz CT molecular complexity index is 590. The molecule has 0 spiro atoms. The van der Waals surface area contributed by atoms with Gasteiger partial charge < -0.3 is 21.1 Å². The van der Waals surface area contributed by atoms with Crippen molar-refractivity contribution in [3.63, 3.8) is 0 Å². The van der Waals surface area contributed by atoms with Crippen molar-refractivity contribution < 1.29 is 9.53 Å². The van der Waals surface area contributed by atoms with E-state index in [2.05, 4.69) is 15.6 Å². The molecule has 2 rings (SSSR count). The fraction of sp³-hybridized carbons (Fsp3) is 0.600. The molecule has 6 nitrogen and oxygen atoms in total. The number of nitrogens with one attached hydrogen (secondary N) is 2. The molecule has 6 heteroatoms. The van der Waals surface area contributed by atoms with Crippen LogP contribution in [0.3, 0.4) is 0 Å². The van der Waals surface area contributed by atoms with Crippen LogP contribution in [0.2, 0.25) is 0 Å². The molecule has 0 saturated heterocycles. The van der Waals surface area contributed by atoms with Crippen LogP contribution in [0.5, 0.6) is 0 Å². The van der Waals surface area contributed by atoms with E-state index in [1.54, 1.807) is 0 Å². The average Bonchev–Trinajstić information content (AvgIpc) is 2.58. The van der Waals surface area contributed by atoms with Crippen molar-refractivity contribution in [1.82, 2.24) is 10.6 Å². The third kappa shape index (κ3) is 7.33. The first-order valence-electron chi connectivity index (χ1n) is 9.44. The van der Waals surface area contributed by atoms with Crippen molar-refractivity contribution in [3.8, 4) is 0 Å². The Morgan fingerprint density at radius 2 is 1.88 bits per heavy atom. The average molecular weight is 361 g/mol. The Morgan fingerprint density at radius 3 is 2.50 bits per heavy atom. The molecule has 144 valence electrons. The molecule has 0 heterocycles. The molecule has 4 N–H and O–H groups in total. The van der Waals surface area contributed by atoms with Crippen molar-refractivity contribution in [2.24, 2.45) is 10.7 Å². The molecular formula is C20H32N4O2. The quantitative estimate of drug-likeness (QED) is 0.554. The lowest BCUT2D eigenvalue weighted by atomic mass is 9.96. The van der Waals surface area contributed by atoms with Gasteiger partial charge in [0.25, 0.3) is 0 Å². The maximum atomic E-state index is 12.2. The largest absolute Gasteiger partial charge is 0.444 e. The van der Waals surface area contributed by atoms with Crippen LogP contribution >= 0.6 is 0 Å². The number of benzene rings is 1. The summed E-state index contributed by atoms with van der Waals surface area (Å²) in [6.45, 7) is 5.88. The number of carbonyl (C=O) groups excluding carboxylic acids is 1. The summed E-state index contributed by atoms with van der Waals surface area (Å²) in [5.41, 5.74) is 6.48. The first-order valence-corrected chi connectivity index (χ1v) is 9.44. The summed E-state index contributed by atoms with van der Waals surface area (Å²) in [5, 5.41) is 6.20. The van der Waals surface area contributed by atoms with Gasteiger partial charge in [0.15, 0.2) is 5.96 Å². The Labute approximate surface area is 156 Å². The minimum atomic E-state index is -0.545. The maximum absolute atomic E-state index is 12.2. The Kier molecular flexibility index (Phi) is 7.30. The first kappa shape index (κ1) is 20.1.